The lowest BCUT2D eigenvalue weighted by Gasteiger charge is -2.11. The number of allylic oxidation sites excluding steroid dienone is 3. The van der Waals surface area contributed by atoms with Crippen molar-refractivity contribution in [1.29, 1.82) is 0 Å². The number of esters is 1. The van der Waals surface area contributed by atoms with Crippen molar-refractivity contribution in [3.8, 4) is 0 Å². The van der Waals surface area contributed by atoms with E-state index in [1.54, 1.807) is 24.3 Å². The highest BCUT2D eigenvalue weighted by atomic mass is 16.5. The molecule has 1 aliphatic carbocycles. The van der Waals surface area contributed by atoms with Gasteiger partial charge in [0.15, 0.2) is 0 Å². The molecule has 126 valence electrons. The summed E-state index contributed by atoms with van der Waals surface area (Å²) in [6, 6.07) is 14.7. The van der Waals surface area contributed by atoms with E-state index in [9.17, 15) is 4.79 Å². The lowest BCUT2D eigenvalue weighted by atomic mass is 10.0. The van der Waals surface area contributed by atoms with Crippen molar-refractivity contribution in [2.75, 3.05) is 0 Å². The van der Waals surface area contributed by atoms with Gasteiger partial charge >= 0.3 is 5.97 Å². The summed E-state index contributed by atoms with van der Waals surface area (Å²) in [6.07, 6.45) is 6.71. The van der Waals surface area contributed by atoms with Crippen molar-refractivity contribution in [2.45, 2.75) is 20.3 Å². The third-order valence-corrected chi connectivity index (χ3v) is 3.91. The van der Waals surface area contributed by atoms with Gasteiger partial charge in [0, 0.05) is 0 Å². The third-order valence-electron chi connectivity index (χ3n) is 3.91. The quantitative estimate of drug-likeness (QED) is 0.505. The molecule has 1 aliphatic rings. The zero-order valence-electron chi connectivity index (χ0n) is 14.3. The first-order valence-corrected chi connectivity index (χ1v) is 8.29. The van der Waals surface area contributed by atoms with E-state index in [2.05, 4.69) is 17.2 Å². The molecule has 4 nitrogen and oxygen atoms in total. The van der Waals surface area contributed by atoms with Crippen LogP contribution in [-0.4, -0.2) is 5.97 Å². The fourth-order valence-corrected chi connectivity index (χ4v) is 2.34. The summed E-state index contributed by atoms with van der Waals surface area (Å²) in [5.41, 5.74) is 3.14. The molecule has 0 aliphatic heterocycles. The first-order valence-electron chi connectivity index (χ1n) is 8.29. The van der Waals surface area contributed by atoms with Gasteiger partial charge in [0.1, 0.15) is 5.76 Å². The van der Waals surface area contributed by atoms with Gasteiger partial charge in [-0.3, -0.25) is 0 Å². The largest absolute Gasteiger partial charge is 0.423 e. The van der Waals surface area contributed by atoms with Crippen LogP contribution < -0.4 is 0 Å². The molecule has 0 saturated heterocycles. The lowest BCUT2D eigenvalue weighted by Crippen LogP contribution is -2.06. The summed E-state index contributed by atoms with van der Waals surface area (Å²) in [5, 5.41) is 8.36. The van der Waals surface area contributed by atoms with Crippen LogP contribution in [0.25, 0.3) is 0 Å². The molecule has 0 amide bonds. The zero-order chi connectivity index (χ0) is 17.6. The third kappa shape index (κ3) is 4.73. The molecule has 2 aromatic carbocycles. The van der Waals surface area contributed by atoms with Crippen LogP contribution in [0.15, 0.2) is 82.7 Å². The molecule has 3 rings (SSSR count). The molecular weight excluding hydrogens is 312 g/mol. The number of azo groups is 1. The Bertz CT molecular complexity index is 831. The van der Waals surface area contributed by atoms with Gasteiger partial charge in [-0.25, -0.2) is 4.79 Å². The van der Waals surface area contributed by atoms with Crippen LogP contribution in [0, 0.1) is 12.8 Å². The topological polar surface area (TPSA) is 51.0 Å². The lowest BCUT2D eigenvalue weighted by molar-refractivity contribution is 0.0634. The number of nitrogens with zero attached hydrogens (tertiary/aromatic N) is 2. The Morgan fingerprint density at radius 2 is 1.60 bits per heavy atom. The van der Waals surface area contributed by atoms with Gasteiger partial charge in [0.2, 0.25) is 0 Å². The average molecular weight is 332 g/mol. The fraction of sp³-hybridized carbons (Fsp3) is 0.190. The van der Waals surface area contributed by atoms with Crippen LogP contribution in [-0.2, 0) is 4.74 Å². The summed E-state index contributed by atoms with van der Waals surface area (Å²) in [4.78, 5) is 12.2. The molecule has 2 aromatic rings. The van der Waals surface area contributed by atoms with Gasteiger partial charge in [0.05, 0.1) is 16.9 Å². The number of carbonyl (C=O) groups is 1. The summed E-state index contributed by atoms with van der Waals surface area (Å²) >= 11 is 0. The van der Waals surface area contributed by atoms with Crippen molar-refractivity contribution in [3.63, 3.8) is 0 Å². The molecule has 0 N–H and O–H groups in total. The standard InChI is InChI=1S/C21H20N2O2/c1-15-3-9-18(10-4-15)22-23-19-11-7-17(8-12-19)21(24)25-20-13-5-16(2)6-14-20/h3-5,7-14,16H,6H2,1-2H3. The minimum Gasteiger partial charge on any atom is -0.423 e. The number of rotatable bonds is 4. The van der Waals surface area contributed by atoms with Crippen LogP contribution in [0.1, 0.15) is 29.3 Å². The van der Waals surface area contributed by atoms with E-state index in [1.165, 1.54) is 5.56 Å². The van der Waals surface area contributed by atoms with Crippen LogP contribution in [0.5, 0.6) is 0 Å². The van der Waals surface area contributed by atoms with Gasteiger partial charge in [-0.15, -0.1) is 0 Å². The molecule has 0 saturated carbocycles. The predicted molar refractivity (Wildman–Crippen MR) is 98.2 cm³/mol. The van der Waals surface area contributed by atoms with Gasteiger partial charge in [-0.1, -0.05) is 30.7 Å². The first-order chi connectivity index (χ1) is 12.1. The number of ether oxygens (including phenoxy) is 1. The van der Waals surface area contributed by atoms with E-state index in [4.69, 9.17) is 4.74 Å². The van der Waals surface area contributed by atoms with E-state index in [-0.39, 0.29) is 5.97 Å². The number of aryl methyl sites for hydroxylation is 1. The molecule has 1 atom stereocenters. The first kappa shape index (κ1) is 16.8. The van der Waals surface area contributed by atoms with E-state index in [0.717, 1.165) is 12.1 Å². The number of carbonyl (C=O) groups excluding carboxylic acids is 1. The molecule has 0 fully saturated rings. The van der Waals surface area contributed by atoms with E-state index in [0.29, 0.717) is 22.9 Å². The maximum absolute atomic E-state index is 12.2. The highest BCUT2D eigenvalue weighted by molar-refractivity contribution is 5.90. The molecule has 0 aromatic heterocycles. The molecule has 0 radical (unpaired) electrons. The van der Waals surface area contributed by atoms with Crippen LogP contribution in [0.4, 0.5) is 11.4 Å². The Labute approximate surface area is 147 Å². The Hall–Kier alpha value is -3.01. The SMILES string of the molecule is Cc1ccc(N=Nc2ccc(C(=O)OC3=CCC(C)C=C3)cc2)cc1. The minimum atomic E-state index is -0.368. The Balaban J connectivity index is 1.62. The Kier molecular flexibility index (Phi) is 5.19. The van der Waals surface area contributed by atoms with E-state index in [1.807, 2.05) is 49.4 Å². The summed E-state index contributed by atoms with van der Waals surface area (Å²) in [6.45, 7) is 4.15. The number of hydrogen-bond acceptors (Lipinski definition) is 4. The van der Waals surface area contributed by atoms with Gasteiger partial charge in [0.25, 0.3) is 0 Å². The van der Waals surface area contributed by atoms with E-state index >= 15 is 0 Å². The second kappa shape index (κ2) is 7.71. The maximum atomic E-state index is 12.2. The molecule has 25 heavy (non-hydrogen) atoms. The molecule has 0 bridgehead atoms. The fourth-order valence-electron chi connectivity index (χ4n) is 2.34. The molecule has 0 spiro atoms. The highest BCUT2D eigenvalue weighted by Gasteiger charge is 2.11. The van der Waals surface area contributed by atoms with Gasteiger partial charge < -0.3 is 4.74 Å². The summed E-state index contributed by atoms with van der Waals surface area (Å²) in [5.74, 6) is 0.722. The molecule has 4 heteroatoms. The molecular formula is C21H20N2O2. The predicted octanol–water partition coefficient (Wildman–Crippen LogP) is 6.05. The van der Waals surface area contributed by atoms with Crippen molar-refractivity contribution >= 4 is 17.3 Å². The molecule has 1 unspecified atom stereocenters. The van der Waals surface area contributed by atoms with Crippen molar-refractivity contribution in [2.24, 2.45) is 16.1 Å². The second-order valence-electron chi connectivity index (χ2n) is 6.15. The monoisotopic (exact) mass is 332 g/mol. The summed E-state index contributed by atoms with van der Waals surface area (Å²) < 4.78 is 5.39. The second-order valence-corrected chi connectivity index (χ2v) is 6.15. The Morgan fingerprint density at radius 1 is 1.00 bits per heavy atom. The average Bonchev–Trinajstić information content (AvgIpc) is 2.63. The maximum Gasteiger partial charge on any atom is 0.343 e. The van der Waals surface area contributed by atoms with Crippen LogP contribution >= 0.6 is 0 Å². The minimum absolute atomic E-state index is 0.368. The van der Waals surface area contributed by atoms with Gasteiger partial charge in [-0.05, 0) is 67.8 Å². The van der Waals surface area contributed by atoms with Crippen LogP contribution in [0.3, 0.4) is 0 Å². The summed E-state index contributed by atoms with van der Waals surface area (Å²) in [7, 11) is 0. The smallest absolute Gasteiger partial charge is 0.343 e. The number of benzene rings is 2. The number of hydrogen-bond donors (Lipinski definition) is 0. The van der Waals surface area contributed by atoms with Crippen LogP contribution in [0.2, 0.25) is 0 Å². The zero-order valence-corrected chi connectivity index (χ0v) is 14.3. The Morgan fingerprint density at radius 3 is 2.16 bits per heavy atom. The van der Waals surface area contributed by atoms with Crippen molar-refractivity contribution < 1.29 is 9.53 Å². The van der Waals surface area contributed by atoms with Gasteiger partial charge in [-0.2, -0.15) is 10.2 Å². The van der Waals surface area contributed by atoms with Crippen molar-refractivity contribution in [3.05, 3.63) is 83.6 Å². The molecule has 0 heterocycles. The highest BCUT2D eigenvalue weighted by Crippen LogP contribution is 2.21. The van der Waals surface area contributed by atoms with E-state index < -0.39 is 0 Å². The normalized spacial score (nSPS) is 16.7. The van der Waals surface area contributed by atoms with Crippen molar-refractivity contribution in [1.82, 2.24) is 0 Å².